The molecule has 0 fully saturated rings. The van der Waals surface area contributed by atoms with E-state index in [9.17, 15) is 4.39 Å². The van der Waals surface area contributed by atoms with Crippen molar-refractivity contribution in [2.24, 2.45) is 10.9 Å². The average Bonchev–Trinajstić information content (AvgIpc) is 2.28. The smallest absolute Gasteiger partial charge is 0.172 e. The van der Waals surface area contributed by atoms with Gasteiger partial charge in [0.2, 0.25) is 0 Å². The van der Waals surface area contributed by atoms with Crippen LogP contribution in [0.15, 0.2) is 29.4 Å². The van der Waals surface area contributed by atoms with E-state index in [-0.39, 0.29) is 12.4 Å². The molecule has 0 aliphatic rings. The Bertz CT molecular complexity index is 354. The summed E-state index contributed by atoms with van der Waals surface area (Å²) in [6.07, 6.45) is 0. The molecule has 0 saturated carbocycles. The zero-order valence-corrected chi connectivity index (χ0v) is 8.52. The van der Waals surface area contributed by atoms with Crippen LogP contribution in [-0.4, -0.2) is 31.3 Å². The first-order valence-electron chi connectivity index (χ1n) is 4.54. The molecule has 1 aromatic carbocycles. The molecular weight excluding hydrogens is 197 g/mol. The number of para-hydroxylation sites is 1. The lowest BCUT2D eigenvalue weighted by Gasteiger charge is -2.20. The summed E-state index contributed by atoms with van der Waals surface area (Å²) < 4.78 is 12.2. The van der Waals surface area contributed by atoms with Gasteiger partial charge < -0.3 is 15.8 Å². The largest absolute Gasteiger partial charge is 0.409 e. The standard InChI is InChI=1S/C10H14FN3O/c1-14(7-6-11)9-5-3-2-4-8(9)10(12)13-15/h2-5,15H,6-7H2,1H3,(H2,12,13). The van der Waals surface area contributed by atoms with Gasteiger partial charge in [0, 0.05) is 24.8 Å². The summed E-state index contributed by atoms with van der Waals surface area (Å²) in [6.45, 7) is -0.170. The molecule has 5 heteroatoms. The van der Waals surface area contributed by atoms with E-state index < -0.39 is 6.67 Å². The van der Waals surface area contributed by atoms with Crippen LogP contribution < -0.4 is 10.6 Å². The van der Waals surface area contributed by atoms with Gasteiger partial charge in [0.1, 0.15) is 6.67 Å². The lowest BCUT2D eigenvalue weighted by Crippen LogP contribution is -2.24. The Morgan fingerprint density at radius 2 is 2.20 bits per heavy atom. The minimum Gasteiger partial charge on any atom is -0.409 e. The van der Waals surface area contributed by atoms with Crippen LogP contribution in [0.3, 0.4) is 0 Å². The summed E-state index contributed by atoms with van der Waals surface area (Å²) in [5.41, 5.74) is 6.84. The van der Waals surface area contributed by atoms with E-state index in [1.165, 1.54) is 0 Å². The number of anilines is 1. The van der Waals surface area contributed by atoms with E-state index >= 15 is 0 Å². The maximum Gasteiger partial charge on any atom is 0.172 e. The summed E-state index contributed by atoms with van der Waals surface area (Å²) in [4.78, 5) is 1.72. The van der Waals surface area contributed by atoms with Gasteiger partial charge in [0.25, 0.3) is 0 Å². The number of amidine groups is 1. The number of alkyl halides is 1. The number of halogens is 1. The summed E-state index contributed by atoms with van der Waals surface area (Å²) in [5.74, 6) is 0.0244. The maximum atomic E-state index is 12.2. The highest BCUT2D eigenvalue weighted by atomic mass is 19.1. The molecule has 1 rings (SSSR count). The van der Waals surface area contributed by atoms with Crippen LogP contribution in [0.25, 0.3) is 0 Å². The number of oxime groups is 1. The molecule has 0 bridgehead atoms. The van der Waals surface area contributed by atoms with Gasteiger partial charge in [-0.15, -0.1) is 0 Å². The van der Waals surface area contributed by atoms with Crippen LogP contribution in [0.2, 0.25) is 0 Å². The summed E-state index contributed by atoms with van der Waals surface area (Å²) in [5, 5.41) is 11.5. The van der Waals surface area contributed by atoms with Gasteiger partial charge in [-0.25, -0.2) is 4.39 Å². The zero-order chi connectivity index (χ0) is 11.3. The predicted molar refractivity (Wildman–Crippen MR) is 58.2 cm³/mol. The molecule has 0 atom stereocenters. The molecule has 0 unspecified atom stereocenters. The van der Waals surface area contributed by atoms with Gasteiger partial charge in [-0.05, 0) is 12.1 Å². The molecule has 0 saturated heterocycles. The first-order chi connectivity index (χ1) is 7.20. The highest BCUT2D eigenvalue weighted by Crippen LogP contribution is 2.18. The molecule has 0 heterocycles. The van der Waals surface area contributed by atoms with Crippen LogP contribution in [0.1, 0.15) is 5.56 Å². The van der Waals surface area contributed by atoms with E-state index in [4.69, 9.17) is 10.9 Å². The second kappa shape index (κ2) is 5.19. The number of nitrogens with zero attached hydrogens (tertiary/aromatic N) is 2. The van der Waals surface area contributed by atoms with Crippen molar-refractivity contribution in [2.75, 3.05) is 25.2 Å². The fourth-order valence-electron chi connectivity index (χ4n) is 1.32. The second-order valence-corrected chi connectivity index (χ2v) is 3.11. The van der Waals surface area contributed by atoms with Crippen molar-refractivity contribution in [3.63, 3.8) is 0 Å². The lowest BCUT2D eigenvalue weighted by atomic mass is 10.1. The van der Waals surface area contributed by atoms with E-state index in [0.29, 0.717) is 5.56 Å². The third-order valence-electron chi connectivity index (χ3n) is 2.12. The minimum absolute atomic E-state index is 0.0244. The van der Waals surface area contributed by atoms with E-state index in [1.54, 1.807) is 30.1 Å². The Morgan fingerprint density at radius 3 is 2.80 bits per heavy atom. The van der Waals surface area contributed by atoms with Gasteiger partial charge in [0.05, 0.1) is 0 Å². The Morgan fingerprint density at radius 1 is 1.53 bits per heavy atom. The third-order valence-corrected chi connectivity index (χ3v) is 2.12. The minimum atomic E-state index is -0.443. The monoisotopic (exact) mass is 211 g/mol. The maximum absolute atomic E-state index is 12.2. The summed E-state index contributed by atoms with van der Waals surface area (Å²) >= 11 is 0. The van der Waals surface area contributed by atoms with Crippen molar-refractivity contribution in [3.05, 3.63) is 29.8 Å². The van der Waals surface area contributed by atoms with Gasteiger partial charge in [-0.1, -0.05) is 17.3 Å². The first kappa shape index (κ1) is 11.3. The predicted octanol–water partition coefficient (Wildman–Crippen LogP) is 1.19. The van der Waals surface area contributed by atoms with Crippen molar-refractivity contribution in [1.82, 2.24) is 0 Å². The molecule has 82 valence electrons. The van der Waals surface area contributed by atoms with Crippen LogP contribution in [0.5, 0.6) is 0 Å². The quantitative estimate of drug-likeness (QED) is 0.340. The van der Waals surface area contributed by atoms with Crippen molar-refractivity contribution >= 4 is 11.5 Å². The Kier molecular flexibility index (Phi) is 3.91. The van der Waals surface area contributed by atoms with Crippen LogP contribution in [-0.2, 0) is 0 Å². The van der Waals surface area contributed by atoms with E-state index in [1.807, 2.05) is 6.07 Å². The molecule has 0 aromatic heterocycles. The summed E-state index contributed by atoms with van der Waals surface area (Å²) in [7, 11) is 1.75. The number of nitrogens with two attached hydrogens (primary N) is 1. The van der Waals surface area contributed by atoms with Gasteiger partial charge in [-0.3, -0.25) is 0 Å². The third kappa shape index (κ3) is 2.59. The average molecular weight is 211 g/mol. The molecular formula is C10H14FN3O. The molecule has 0 aliphatic carbocycles. The number of hydrogen-bond donors (Lipinski definition) is 2. The zero-order valence-electron chi connectivity index (χ0n) is 8.52. The highest BCUT2D eigenvalue weighted by molar-refractivity contribution is 6.02. The molecule has 0 aliphatic heterocycles. The van der Waals surface area contributed by atoms with Crippen molar-refractivity contribution in [2.45, 2.75) is 0 Å². The highest BCUT2D eigenvalue weighted by Gasteiger charge is 2.09. The first-order valence-corrected chi connectivity index (χ1v) is 4.54. The number of hydrogen-bond acceptors (Lipinski definition) is 3. The Labute approximate surface area is 87.8 Å². The second-order valence-electron chi connectivity index (χ2n) is 3.11. The molecule has 0 spiro atoms. The summed E-state index contributed by atoms with van der Waals surface area (Å²) in [6, 6.07) is 7.11. The van der Waals surface area contributed by atoms with Gasteiger partial charge >= 0.3 is 0 Å². The van der Waals surface area contributed by atoms with E-state index in [2.05, 4.69) is 5.16 Å². The lowest BCUT2D eigenvalue weighted by molar-refractivity contribution is 0.318. The van der Waals surface area contributed by atoms with Crippen LogP contribution >= 0.6 is 0 Å². The van der Waals surface area contributed by atoms with E-state index in [0.717, 1.165) is 5.69 Å². The van der Waals surface area contributed by atoms with Crippen molar-refractivity contribution < 1.29 is 9.60 Å². The van der Waals surface area contributed by atoms with Gasteiger partial charge in [-0.2, -0.15) is 0 Å². The molecule has 15 heavy (non-hydrogen) atoms. The van der Waals surface area contributed by atoms with Gasteiger partial charge in [0.15, 0.2) is 5.84 Å². The SMILES string of the molecule is CN(CCF)c1ccccc1/C(N)=N/O. The number of rotatable bonds is 4. The molecule has 0 radical (unpaired) electrons. The number of benzene rings is 1. The van der Waals surface area contributed by atoms with Crippen molar-refractivity contribution in [1.29, 1.82) is 0 Å². The van der Waals surface area contributed by atoms with Crippen LogP contribution in [0.4, 0.5) is 10.1 Å². The van der Waals surface area contributed by atoms with Crippen LogP contribution in [0, 0.1) is 0 Å². The Balaban J connectivity index is 3.06. The molecule has 0 amide bonds. The Hall–Kier alpha value is -1.78. The molecule has 1 aromatic rings. The topological polar surface area (TPSA) is 61.8 Å². The fraction of sp³-hybridized carbons (Fsp3) is 0.300. The van der Waals surface area contributed by atoms with Crippen molar-refractivity contribution in [3.8, 4) is 0 Å². The normalized spacial score (nSPS) is 11.5. The molecule has 3 N–H and O–H groups in total. The fourth-order valence-corrected chi connectivity index (χ4v) is 1.32. The molecule has 4 nitrogen and oxygen atoms in total.